The van der Waals surface area contributed by atoms with Gasteiger partial charge in [-0.25, -0.2) is 4.79 Å². The van der Waals surface area contributed by atoms with Gasteiger partial charge in [0, 0.05) is 36.3 Å². The van der Waals surface area contributed by atoms with E-state index in [2.05, 4.69) is 10.6 Å². The van der Waals surface area contributed by atoms with E-state index in [1.165, 1.54) is 0 Å². The fourth-order valence-electron chi connectivity index (χ4n) is 3.02. The number of nitrogens with zero attached hydrogens (tertiary/aromatic N) is 1. The Morgan fingerprint density at radius 3 is 2.54 bits per heavy atom. The molecule has 0 atom stereocenters. The molecule has 3 rings (SSSR count). The molecule has 7 heteroatoms. The maximum absolute atomic E-state index is 12.5. The third-order valence-electron chi connectivity index (χ3n) is 4.70. The second-order valence-electron chi connectivity index (χ2n) is 6.78. The molecular weight excluding hydrogens is 334 g/mol. The largest absolute Gasteiger partial charge is 0.450 e. The van der Waals surface area contributed by atoms with E-state index in [1.54, 1.807) is 36.1 Å². The predicted molar refractivity (Wildman–Crippen MR) is 96.9 cm³/mol. The Morgan fingerprint density at radius 2 is 1.88 bits per heavy atom. The summed E-state index contributed by atoms with van der Waals surface area (Å²) in [6.45, 7) is 3.16. The zero-order chi connectivity index (χ0) is 18.5. The average molecular weight is 359 g/mol. The fraction of sp³-hybridized carbons (Fsp3) is 0.526. The second kappa shape index (κ2) is 8.21. The van der Waals surface area contributed by atoms with Gasteiger partial charge in [0.15, 0.2) is 0 Å². The van der Waals surface area contributed by atoms with Crippen LogP contribution in [0, 0.1) is 5.92 Å². The van der Waals surface area contributed by atoms with Crippen LogP contribution >= 0.6 is 0 Å². The molecule has 1 aliphatic heterocycles. The molecule has 0 radical (unpaired) electrons. The summed E-state index contributed by atoms with van der Waals surface area (Å²) in [4.78, 5) is 38.0. The Balaban J connectivity index is 1.52. The number of carbonyl (C=O) groups excluding carboxylic acids is 3. The van der Waals surface area contributed by atoms with Crippen molar-refractivity contribution >= 4 is 23.6 Å². The van der Waals surface area contributed by atoms with E-state index in [1.807, 2.05) is 0 Å². The van der Waals surface area contributed by atoms with Crippen LogP contribution in [0.4, 0.5) is 10.5 Å². The molecule has 1 saturated heterocycles. The number of hydrogen-bond donors (Lipinski definition) is 2. The lowest BCUT2D eigenvalue weighted by atomic mass is 9.96. The molecule has 1 aromatic carbocycles. The minimum Gasteiger partial charge on any atom is -0.450 e. The number of benzene rings is 1. The maximum Gasteiger partial charge on any atom is 0.409 e. The molecule has 2 aliphatic rings. The highest BCUT2D eigenvalue weighted by molar-refractivity contribution is 5.98. The number of carbonyl (C=O) groups is 3. The van der Waals surface area contributed by atoms with Crippen molar-refractivity contribution in [2.75, 3.05) is 25.0 Å². The zero-order valence-electron chi connectivity index (χ0n) is 15.0. The van der Waals surface area contributed by atoms with Crippen LogP contribution in [0.5, 0.6) is 0 Å². The van der Waals surface area contributed by atoms with Crippen molar-refractivity contribution in [1.82, 2.24) is 10.2 Å². The van der Waals surface area contributed by atoms with E-state index in [0.717, 1.165) is 12.8 Å². The molecule has 3 amide bonds. The number of ether oxygens (including phenoxy) is 1. The number of piperidine rings is 1. The first-order chi connectivity index (χ1) is 12.6. The van der Waals surface area contributed by atoms with Gasteiger partial charge in [-0.05, 0) is 50.8 Å². The molecule has 26 heavy (non-hydrogen) atoms. The van der Waals surface area contributed by atoms with Crippen molar-refractivity contribution in [3.8, 4) is 0 Å². The molecule has 0 spiro atoms. The summed E-state index contributed by atoms with van der Waals surface area (Å²) in [6, 6.07) is 7.28. The van der Waals surface area contributed by atoms with Crippen LogP contribution in [0.15, 0.2) is 24.3 Å². The Kier molecular flexibility index (Phi) is 5.75. The zero-order valence-corrected chi connectivity index (χ0v) is 15.0. The van der Waals surface area contributed by atoms with Crippen molar-refractivity contribution in [2.45, 2.75) is 38.6 Å². The van der Waals surface area contributed by atoms with Gasteiger partial charge < -0.3 is 20.3 Å². The number of anilines is 1. The first kappa shape index (κ1) is 18.2. The van der Waals surface area contributed by atoms with E-state index >= 15 is 0 Å². The Hall–Kier alpha value is -2.57. The Labute approximate surface area is 153 Å². The van der Waals surface area contributed by atoms with E-state index in [0.29, 0.717) is 49.8 Å². The molecule has 2 N–H and O–H groups in total. The SMILES string of the molecule is CCOC(=O)N1CCC(C(=O)Nc2cccc(C(=O)NC3CC3)c2)CC1. The van der Waals surface area contributed by atoms with Gasteiger partial charge in [-0.1, -0.05) is 6.07 Å². The average Bonchev–Trinajstić information content (AvgIpc) is 3.46. The van der Waals surface area contributed by atoms with Crippen LogP contribution < -0.4 is 10.6 Å². The van der Waals surface area contributed by atoms with E-state index < -0.39 is 0 Å². The number of hydrogen-bond acceptors (Lipinski definition) is 4. The normalized spacial score (nSPS) is 17.5. The van der Waals surface area contributed by atoms with Gasteiger partial charge in [-0.3, -0.25) is 9.59 Å². The number of amides is 3. The summed E-state index contributed by atoms with van der Waals surface area (Å²) < 4.78 is 4.99. The van der Waals surface area contributed by atoms with E-state index in [4.69, 9.17) is 4.74 Å². The lowest BCUT2D eigenvalue weighted by molar-refractivity contribution is -0.121. The van der Waals surface area contributed by atoms with Crippen molar-refractivity contribution < 1.29 is 19.1 Å². The Morgan fingerprint density at radius 1 is 1.15 bits per heavy atom. The highest BCUT2D eigenvalue weighted by Gasteiger charge is 2.28. The van der Waals surface area contributed by atoms with Crippen LogP contribution in [0.25, 0.3) is 0 Å². The standard InChI is InChI=1S/C19H25N3O4/c1-2-26-19(25)22-10-8-13(9-11-22)17(23)21-16-5-3-4-14(12-16)18(24)20-15-6-7-15/h3-5,12-13,15H,2,6-11H2,1H3,(H,20,24)(H,21,23). The van der Waals surface area contributed by atoms with Gasteiger partial charge in [0.2, 0.25) is 5.91 Å². The van der Waals surface area contributed by atoms with Crippen molar-refractivity contribution in [3.05, 3.63) is 29.8 Å². The van der Waals surface area contributed by atoms with Gasteiger partial charge in [-0.2, -0.15) is 0 Å². The minimum absolute atomic E-state index is 0.0757. The topological polar surface area (TPSA) is 87.7 Å². The molecule has 1 aliphatic carbocycles. The summed E-state index contributed by atoms with van der Waals surface area (Å²) in [7, 11) is 0. The minimum atomic E-state index is -0.319. The van der Waals surface area contributed by atoms with Gasteiger partial charge >= 0.3 is 6.09 Å². The first-order valence-corrected chi connectivity index (χ1v) is 9.20. The lowest BCUT2D eigenvalue weighted by Crippen LogP contribution is -2.41. The van der Waals surface area contributed by atoms with Crippen LogP contribution in [-0.2, 0) is 9.53 Å². The summed E-state index contributed by atoms with van der Waals surface area (Å²) in [5, 5.41) is 5.83. The van der Waals surface area contributed by atoms with Gasteiger partial charge in [0.25, 0.3) is 5.91 Å². The Bertz CT molecular complexity index is 679. The molecule has 1 heterocycles. The van der Waals surface area contributed by atoms with Crippen molar-refractivity contribution in [3.63, 3.8) is 0 Å². The molecule has 0 bridgehead atoms. The molecule has 1 saturated carbocycles. The monoisotopic (exact) mass is 359 g/mol. The molecule has 7 nitrogen and oxygen atoms in total. The predicted octanol–water partition coefficient (Wildman–Crippen LogP) is 2.39. The smallest absolute Gasteiger partial charge is 0.409 e. The summed E-state index contributed by atoms with van der Waals surface area (Å²) in [6.07, 6.45) is 2.96. The van der Waals surface area contributed by atoms with E-state index in [9.17, 15) is 14.4 Å². The van der Waals surface area contributed by atoms with Crippen LogP contribution in [0.3, 0.4) is 0 Å². The van der Waals surface area contributed by atoms with Crippen LogP contribution in [0.1, 0.15) is 43.0 Å². The quantitative estimate of drug-likeness (QED) is 0.845. The molecule has 0 unspecified atom stereocenters. The molecule has 140 valence electrons. The van der Waals surface area contributed by atoms with Crippen molar-refractivity contribution in [2.24, 2.45) is 5.92 Å². The van der Waals surface area contributed by atoms with Crippen LogP contribution in [-0.4, -0.2) is 48.5 Å². The fourth-order valence-corrected chi connectivity index (χ4v) is 3.02. The highest BCUT2D eigenvalue weighted by Crippen LogP contribution is 2.22. The molecule has 0 aromatic heterocycles. The third kappa shape index (κ3) is 4.74. The van der Waals surface area contributed by atoms with Gasteiger partial charge in [-0.15, -0.1) is 0 Å². The highest BCUT2D eigenvalue weighted by atomic mass is 16.6. The third-order valence-corrected chi connectivity index (χ3v) is 4.70. The summed E-state index contributed by atoms with van der Waals surface area (Å²) in [5.41, 5.74) is 1.16. The summed E-state index contributed by atoms with van der Waals surface area (Å²) in [5.74, 6) is -0.329. The van der Waals surface area contributed by atoms with Gasteiger partial charge in [0.1, 0.15) is 0 Å². The number of likely N-dealkylation sites (tertiary alicyclic amines) is 1. The van der Waals surface area contributed by atoms with Gasteiger partial charge in [0.05, 0.1) is 6.61 Å². The maximum atomic E-state index is 12.5. The van der Waals surface area contributed by atoms with Crippen molar-refractivity contribution in [1.29, 1.82) is 0 Å². The number of rotatable bonds is 5. The molecule has 1 aromatic rings. The molecular formula is C19H25N3O4. The molecule has 2 fully saturated rings. The summed E-state index contributed by atoms with van der Waals surface area (Å²) >= 11 is 0. The lowest BCUT2D eigenvalue weighted by Gasteiger charge is -2.30. The van der Waals surface area contributed by atoms with Crippen LogP contribution in [0.2, 0.25) is 0 Å². The van der Waals surface area contributed by atoms with E-state index in [-0.39, 0.29) is 23.8 Å². The first-order valence-electron chi connectivity index (χ1n) is 9.20. The number of nitrogens with one attached hydrogen (secondary N) is 2. The second-order valence-corrected chi connectivity index (χ2v) is 6.78.